The highest BCUT2D eigenvalue weighted by atomic mass is 19.4. The van der Waals surface area contributed by atoms with Crippen molar-refractivity contribution >= 4 is 0 Å². The van der Waals surface area contributed by atoms with E-state index in [0.717, 1.165) is 44.6 Å². The van der Waals surface area contributed by atoms with Crippen molar-refractivity contribution < 1.29 is 22.6 Å². The van der Waals surface area contributed by atoms with E-state index in [2.05, 4.69) is 15.0 Å². The highest BCUT2D eigenvalue weighted by Gasteiger charge is 2.30. The molecule has 1 N–H and O–H groups in total. The Hall–Kier alpha value is -1.31. The van der Waals surface area contributed by atoms with Gasteiger partial charge in [-0.1, -0.05) is 12.1 Å². The van der Waals surface area contributed by atoms with Gasteiger partial charge in [0, 0.05) is 26.2 Å². The van der Waals surface area contributed by atoms with Crippen molar-refractivity contribution in [3.8, 4) is 5.75 Å². The second kappa shape index (κ2) is 8.52. The Labute approximate surface area is 134 Å². The third kappa shape index (κ3) is 6.76. The standard InChI is InChI=1S/C16H23F3N2O2/c1-20-8-11-21-9-6-14(7-10-21)22-12-13-2-4-15(5-3-13)23-16(17,18)19/h2-5,14,20H,6-12H2,1H3. The Morgan fingerprint density at radius 1 is 1.17 bits per heavy atom. The molecular weight excluding hydrogens is 309 g/mol. The van der Waals surface area contributed by atoms with Crippen LogP contribution in [0.15, 0.2) is 24.3 Å². The van der Waals surface area contributed by atoms with Crippen LogP contribution in [-0.2, 0) is 11.3 Å². The van der Waals surface area contributed by atoms with Gasteiger partial charge in [-0.05, 0) is 37.6 Å². The van der Waals surface area contributed by atoms with Crippen LogP contribution >= 0.6 is 0 Å². The topological polar surface area (TPSA) is 33.7 Å². The molecule has 1 saturated heterocycles. The Morgan fingerprint density at radius 3 is 2.39 bits per heavy atom. The average Bonchev–Trinajstić information content (AvgIpc) is 2.52. The van der Waals surface area contributed by atoms with Gasteiger partial charge in [-0.3, -0.25) is 0 Å². The quantitative estimate of drug-likeness (QED) is 0.832. The Bertz CT molecular complexity index is 457. The molecule has 1 aromatic carbocycles. The van der Waals surface area contributed by atoms with Crippen molar-refractivity contribution in [3.05, 3.63) is 29.8 Å². The van der Waals surface area contributed by atoms with Gasteiger partial charge in [0.25, 0.3) is 0 Å². The molecule has 0 aromatic heterocycles. The van der Waals surface area contributed by atoms with E-state index < -0.39 is 6.36 Å². The summed E-state index contributed by atoms with van der Waals surface area (Å²) in [6, 6.07) is 5.82. The molecule has 1 aliphatic rings. The van der Waals surface area contributed by atoms with Gasteiger partial charge in [0.1, 0.15) is 5.75 Å². The fourth-order valence-electron chi connectivity index (χ4n) is 2.57. The van der Waals surface area contributed by atoms with E-state index >= 15 is 0 Å². The van der Waals surface area contributed by atoms with Gasteiger partial charge < -0.3 is 19.7 Å². The number of likely N-dealkylation sites (N-methyl/N-ethyl adjacent to an activating group) is 1. The summed E-state index contributed by atoms with van der Waals surface area (Å²) in [6.45, 7) is 4.48. The maximum Gasteiger partial charge on any atom is 0.573 e. The van der Waals surface area contributed by atoms with Crippen molar-refractivity contribution in [2.45, 2.75) is 31.9 Å². The van der Waals surface area contributed by atoms with E-state index in [1.54, 1.807) is 12.1 Å². The maximum atomic E-state index is 12.1. The number of halogens is 3. The van der Waals surface area contributed by atoms with Crippen molar-refractivity contribution in [2.24, 2.45) is 0 Å². The monoisotopic (exact) mass is 332 g/mol. The summed E-state index contributed by atoms with van der Waals surface area (Å²) in [4.78, 5) is 2.40. The molecular formula is C16H23F3N2O2. The van der Waals surface area contributed by atoms with Crippen LogP contribution in [0, 0.1) is 0 Å². The van der Waals surface area contributed by atoms with Crippen LogP contribution in [0.25, 0.3) is 0 Å². The molecule has 0 bridgehead atoms. The smallest absolute Gasteiger partial charge is 0.406 e. The highest BCUT2D eigenvalue weighted by Crippen LogP contribution is 2.23. The predicted molar refractivity (Wildman–Crippen MR) is 81.3 cm³/mol. The molecule has 1 aromatic rings. The fourth-order valence-corrected chi connectivity index (χ4v) is 2.57. The van der Waals surface area contributed by atoms with Gasteiger partial charge in [-0.2, -0.15) is 0 Å². The van der Waals surface area contributed by atoms with Crippen LogP contribution in [0.3, 0.4) is 0 Å². The van der Waals surface area contributed by atoms with Crippen LogP contribution in [-0.4, -0.2) is 50.6 Å². The lowest BCUT2D eigenvalue weighted by atomic mass is 10.1. The lowest BCUT2D eigenvalue weighted by Crippen LogP contribution is -2.40. The van der Waals surface area contributed by atoms with Crippen molar-refractivity contribution in [1.29, 1.82) is 0 Å². The summed E-state index contributed by atoms with van der Waals surface area (Å²) in [5.41, 5.74) is 0.845. The third-order valence-corrected chi connectivity index (χ3v) is 3.86. The van der Waals surface area contributed by atoms with Gasteiger partial charge >= 0.3 is 6.36 Å². The van der Waals surface area contributed by atoms with E-state index in [1.165, 1.54) is 12.1 Å². The number of piperidine rings is 1. The van der Waals surface area contributed by atoms with Crippen molar-refractivity contribution in [2.75, 3.05) is 33.2 Å². The Morgan fingerprint density at radius 2 is 1.83 bits per heavy atom. The summed E-state index contributed by atoms with van der Waals surface area (Å²) in [5.74, 6) is -0.209. The third-order valence-electron chi connectivity index (χ3n) is 3.86. The molecule has 0 atom stereocenters. The van der Waals surface area contributed by atoms with Gasteiger partial charge in [-0.25, -0.2) is 0 Å². The lowest BCUT2D eigenvalue weighted by Gasteiger charge is -2.31. The maximum absolute atomic E-state index is 12.1. The zero-order chi connectivity index (χ0) is 16.7. The first kappa shape index (κ1) is 18.0. The lowest BCUT2D eigenvalue weighted by molar-refractivity contribution is -0.274. The minimum atomic E-state index is -4.65. The van der Waals surface area contributed by atoms with E-state index in [1.807, 2.05) is 7.05 Å². The van der Waals surface area contributed by atoms with Gasteiger partial charge in [0.2, 0.25) is 0 Å². The van der Waals surface area contributed by atoms with E-state index in [9.17, 15) is 13.2 Å². The van der Waals surface area contributed by atoms with Crippen LogP contribution < -0.4 is 10.1 Å². The molecule has 130 valence electrons. The largest absolute Gasteiger partial charge is 0.573 e. The van der Waals surface area contributed by atoms with E-state index in [-0.39, 0.29) is 11.9 Å². The number of hydrogen-bond donors (Lipinski definition) is 1. The number of ether oxygens (including phenoxy) is 2. The summed E-state index contributed by atoms with van der Waals surface area (Å²) >= 11 is 0. The molecule has 0 spiro atoms. The second-order valence-corrected chi connectivity index (χ2v) is 5.65. The van der Waals surface area contributed by atoms with Crippen molar-refractivity contribution in [3.63, 3.8) is 0 Å². The fraction of sp³-hybridized carbons (Fsp3) is 0.625. The zero-order valence-corrected chi connectivity index (χ0v) is 13.2. The number of benzene rings is 1. The number of likely N-dealkylation sites (tertiary alicyclic amines) is 1. The molecule has 0 radical (unpaired) electrons. The number of hydrogen-bond acceptors (Lipinski definition) is 4. The molecule has 1 fully saturated rings. The van der Waals surface area contributed by atoms with Crippen LogP contribution in [0.1, 0.15) is 18.4 Å². The Balaban J connectivity index is 1.70. The molecule has 23 heavy (non-hydrogen) atoms. The summed E-state index contributed by atoms with van der Waals surface area (Å²) in [6.07, 6.45) is -2.47. The molecule has 7 heteroatoms. The predicted octanol–water partition coefficient (Wildman–Crippen LogP) is 2.79. The summed E-state index contributed by atoms with van der Waals surface area (Å²) < 4.78 is 46.0. The van der Waals surface area contributed by atoms with Gasteiger partial charge in [0.05, 0.1) is 12.7 Å². The van der Waals surface area contributed by atoms with Gasteiger partial charge in [-0.15, -0.1) is 13.2 Å². The van der Waals surface area contributed by atoms with Gasteiger partial charge in [0.15, 0.2) is 0 Å². The van der Waals surface area contributed by atoms with E-state index in [4.69, 9.17) is 4.74 Å². The molecule has 0 aliphatic carbocycles. The minimum absolute atomic E-state index is 0.209. The first-order chi connectivity index (χ1) is 11.0. The number of nitrogens with zero attached hydrogens (tertiary/aromatic N) is 1. The molecule has 2 rings (SSSR count). The number of alkyl halides is 3. The van der Waals surface area contributed by atoms with Crippen LogP contribution in [0.5, 0.6) is 5.75 Å². The molecule has 0 saturated carbocycles. The van der Waals surface area contributed by atoms with E-state index in [0.29, 0.717) is 6.61 Å². The molecule has 0 unspecified atom stereocenters. The van der Waals surface area contributed by atoms with Crippen LogP contribution in [0.4, 0.5) is 13.2 Å². The molecule has 4 nitrogen and oxygen atoms in total. The average molecular weight is 332 g/mol. The molecule has 1 aliphatic heterocycles. The van der Waals surface area contributed by atoms with Crippen LogP contribution in [0.2, 0.25) is 0 Å². The van der Waals surface area contributed by atoms with Crippen molar-refractivity contribution in [1.82, 2.24) is 10.2 Å². The normalized spacial score (nSPS) is 17.4. The Kier molecular flexibility index (Phi) is 6.68. The minimum Gasteiger partial charge on any atom is -0.406 e. The second-order valence-electron chi connectivity index (χ2n) is 5.65. The molecule has 0 amide bonds. The first-order valence-electron chi connectivity index (χ1n) is 7.79. The first-order valence-corrected chi connectivity index (χ1v) is 7.79. The highest BCUT2D eigenvalue weighted by molar-refractivity contribution is 5.27. The number of nitrogens with one attached hydrogen (secondary N) is 1. The summed E-state index contributed by atoms with van der Waals surface area (Å²) in [7, 11) is 1.95. The molecule has 1 heterocycles. The zero-order valence-electron chi connectivity index (χ0n) is 13.2. The summed E-state index contributed by atoms with van der Waals surface area (Å²) in [5, 5.41) is 3.14. The SMILES string of the molecule is CNCCN1CCC(OCc2ccc(OC(F)(F)F)cc2)CC1. The number of rotatable bonds is 7.